The predicted molar refractivity (Wildman–Crippen MR) is 77.7 cm³/mol. The van der Waals surface area contributed by atoms with Crippen LogP contribution >= 0.6 is 0 Å². The summed E-state index contributed by atoms with van der Waals surface area (Å²) in [5.41, 5.74) is -1.03. The van der Waals surface area contributed by atoms with E-state index in [9.17, 15) is 19.2 Å². The van der Waals surface area contributed by atoms with Gasteiger partial charge in [-0.3, -0.25) is 14.5 Å². The highest BCUT2D eigenvalue weighted by atomic mass is 16.5. The molecule has 0 aliphatic carbocycles. The molecule has 4 amide bonds. The van der Waals surface area contributed by atoms with Crippen LogP contribution in [0.4, 0.5) is 4.79 Å². The molecule has 1 aliphatic rings. The standard InChI is InChI=1S/C14H23N3O5/c1-8(2)6-9(11(19)22-5)15-10(18)7-17-12(20)14(3,4)16-13(17)21/h8-9H,6-7H2,1-5H3,(H,15,18)(H,16,21). The summed E-state index contributed by atoms with van der Waals surface area (Å²) < 4.78 is 4.65. The van der Waals surface area contributed by atoms with E-state index in [-0.39, 0.29) is 5.92 Å². The van der Waals surface area contributed by atoms with Crippen molar-refractivity contribution in [1.29, 1.82) is 0 Å². The maximum atomic E-state index is 12.0. The minimum atomic E-state index is -1.03. The van der Waals surface area contributed by atoms with Crippen LogP contribution in [0.25, 0.3) is 0 Å². The average molecular weight is 313 g/mol. The van der Waals surface area contributed by atoms with Crippen LogP contribution < -0.4 is 10.6 Å². The molecule has 1 rings (SSSR count). The molecule has 0 saturated carbocycles. The Morgan fingerprint density at radius 1 is 1.32 bits per heavy atom. The van der Waals surface area contributed by atoms with Crippen molar-refractivity contribution in [3.63, 3.8) is 0 Å². The first-order valence-electron chi connectivity index (χ1n) is 7.09. The third-order valence-corrected chi connectivity index (χ3v) is 3.27. The van der Waals surface area contributed by atoms with E-state index in [1.807, 2.05) is 13.8 Å². The molecule has 1 heterocycles. The summed E-state index contributed by atoms with van der Waals surface area (Å²) in [4.78, 5) is 48.2. The topological polar surface area (TPSA) is 105 Å². The van der Waals surface area contributed by atoms with Gasteiger partial charge in [-0.2, -0.15) is 0 Å². The number of nitrogens with one attached hydrogen (secondary N) is 2. The van der Waals surface area contributed by atoms with Crippen molar-refractivity contribution in [1.82, 2.24) is 15.5 Å². The summed E-state index contributed by atoms with van der Waals surface area (Å²) in [6.07, 6.45) is 0.407. The van der Waals surface area contributed by atoms with E-state index in [4.69, 9.17) is 0 Å². The van der Waals surface area contributed by atoms with Gasteiger partial charge in [0.15, 0.2) is 0 Å². The van der Waals surface area contributed by atoms with Crippen LogP contribution in [0.3, 0.4) is 0 Å². The number of amides is 4. The summed E-state index contributed by atoms with van der Waals surface area (Å²) in [5, 5.41) is 4.99. The SMILES string of the molecule is COC(=O)C(CC(C)C)NC(=O)CN1C(=O)NC(C)(C)C1=O. The van der Waals surface area contributed by atoms with Crippen LogP contribution in [0.15, 0.2) is 0 Å². The van der Waals surface area contributed by atoms with Gasteiger partial charge < -0.3 is 15.4 Å². The molecule has 8 heteroatoms. The number of esters is 1. The number of urea groups is 1. The first-order chi connectivity index (χ1) is 10.1. The first-order valence-corrected chi connectivity index (χ1v) is 7.09. The summed E-state index contributed by atoms with van der Waals surface area (Å²) >= 11 is 0. The third kappa shape index (κ3) is 4.19. The minimum Gasteiger partial charge on any atom is -0.467 e. The number of hydrogen-bond donors (Lipinski definition) is 2. The van der Waals surface area contributed by atoms with Crippen molar-refractivity contribution in [2.75, 3.05) is 13.7 Å². The average Bonchev–Trinajstić information content (AvgIpc) is 2.58. The molecule has 22 heavy (non-hydrogen) atoms. The van der Waals surface area contributed by atoms with Gasteiger partial charge in [-0.05, 0) is 26.2 Å². The Kier molecular flexibility index (Phi) is 5.51. The van der Waals surface area contributed by atoms with Crippen LogP contribution in [0, 0.1) is 5.92 Å². The second-order valence-corrected chi connectivity index (χ2v) is 6.22. The van der Waals surface area contributed by atoms with E-state index in [2.05, 4.69) is 15.4 Å². The molecule has 0 aromatic heterocycles. The van der Waals surface area contributed by atoms with E-state index >= 15 is 0 Å². The molecule has 2 N–H and O–H groups in total. The van der Waals surface area contributed by atoms with Gasteiger partial charge in [0.2, 0.25) is 5.91 Å². The Hall–Kier alpha value is -2.12. The second kappa shape index (κ2) is 6.76. The summed E-state index contributed by atoms with van der Waals surface area (Å²) in [6, 6.07) is -1.42. The molecule has 1 atom stereocenters. The van der Waals surface area contributed by atoms with Crippen LogP contribution in [-0.2, 0) is 19.1 Å². The lowest BCUT2D eigenvalue weighted by molar-refractivity contribution is -0.145. The molecule has 0 aromatic carbocycles. The summed E-state index contributed by atoms with van der Waals surface area (Å²) in [6.45, 7) is 6.49. The van der Waals surface area contributed by atoms with Gasteiger partial charge in [-0.25, -0.2) is 9.59 Å². The minimum absolute atomic E-state index is 0.167. The van der Waals surface area contributed by atoms with Crippen LogP contribution in [0.5, 0.6) is 0 Å². The van der Waals surface area contributed by atoms with Crippen molar-refractivity contribution >= 4 is 23.8 Å². The van der Waals surface area contributed by atoms with Gasteiger partial charge in [0.05, 0.1) is 7.11 Å². The summed E-state index contributed by atoms with van der Waals surface area (Å²) in [5.74, 6) is -1.46. The highest BCUT2D eigenvalue weighted by molar-refractivity contribution is 6.08. The first kappa shape index (κ1) is 17.9. The molecule has 0 spiro atoms. The van der Waals surface area contributed by atoms with E-state index in [0.29, 0.717) is 6.42 Å². The van der Waals surface area contributed by atoms with Crippen molar-refractivity contribution in [2.24, 2.45) is 5.92 Å². The maximum Gasteiger partial charge on any atom is 0.328 e. The van der Waals surface area contributed by atoms with Gasteiger partial charge in [0.1, 0.15) is 18.1 Å². The lowest BCUT2D eigenvalue weighted by Crippen LogP contribution is -2.48. The number of carbonyl (C=O) groups is 4. The molecule has 0 radical (unpaired) electrons. The Bertz CT molecular complexity index is 487. The van der Waals surface area contributed by atoms with E-state index in [1.54, 1.807) is 13.8 Å². The Balaban J connectivity index is 2.70. The largest absolute Gasteiger partial charge is 0.467 e. The molecule has 1 saturated heterocycles. The van der Waals surface area contributed by atoms with Crippen molar-refractivity contribution < 1.29 is 23.9 Å². The van der Waals surface area contributed by atoms with Crippen molar-refractivity contribution in [2.45, 2.75) is 45.7 Å². The number of rotatable bonds is 6. The van der Waals surface area contributed by atoms with Crippen LogP contribution in [-0.4, -0.2) is 54.0 Å². The molecule has 124 valence electrons. The number of imide groups is 1. The van der Waals surface area contributed by atoms with E-state index in [1.165, 1.54) is 7.11 Å². The normalized spacial score (nSPS) is 18.2. The summed E-state index contributed by atoms with van der Waals surface area (Å²) in [7, 11) is 1.24. The molecule has 0 bridgehead atoms. The maximum absolute atomic E-state index is 12.0. The van der Waals surface area contributed by atoms with Gasteiger partial charge >= 0.3 is 12.0 Å². The highest BCUT2D eigenvalue weighted by Gasteiger charge is 2.45. The highest BCUT2D eigenvalue weighted by Crippen LogP contribution is 2.16. The lowest BCUT2D eigenvalue weighted by atomic mass is 10.0. The van der Waals surface area contributed by atoms with Gasteiger partial charge in [0.25, 0.3) is 5.91 Å². The number of nitrogens with zero attached hydrogens (tertiary/aromatic N) is 1. The Morgan fingerprint density at radius 2 is 1.91 bits per heavy atom. The number of hydrogen-bond acceptors (Lipinski definition) is 5. The van der Waals surface area contributed by atoms with Gasteiger partial charge in [-0.15, -0.1) is 0 Å². The molecule has 0 aromatic rings. The Morgan fingerprint density at radius 3 is 2.32 bits per heavy atom. The van der Waals surface area contributed by atoms with Crippen molar-refractivity contribution in [3.05, 3.63) is 0 Å². The number of ether oxygens (including phenoxy) is 1. The Labute approximate surface area is 129 Å². The monoisotopic (exact) mass is 313 g/mol. The predicted octanol–water partition coefficient (Wildman–Crippen LogP) is 0.0207. The smallest absolute Gasteiger partial charge is 0.328 e. The molecule has 1 aliphatic heterocycles. The fourth-order valence-electron chi connectivity index (χ4n) is 2.17. The van der Waals surface area contributed by atoms with E-state index in [0.717, 1.165) is 4.90 Å². The van der Waals surface area contributed by atoms with Crippen LogP contribution in [0.1, 0.15) is 34.1 Å². The molecular formula is C14H23N3O5. The fourth-order valence-corrected chi connectivity index (χ4v) is 2.17. The molecule has 8 nitrogen and oxygen atoms in total. The number of carbonyl (C=O) groups excluding carboxylic acids is 4. The zero-order chi connectivity index (χ0) is 17.1. The zero-order valence-electron chi connectivity index (χ0n) is 13.6. The lowest BCUT2D eigenvalue weighted by Gasteiger charge is -2.20. The zero-order valence-corrected chi connectivity index (χ0v) is 13.6. The quantitative estimate of drug-likeness (QED) is 0.531. The third-order valence-electron chi connectivity index (χ3n) is 3.27. The van der Waals surface area contributed by atoms with E-state index < -0.39 is 41.9 Å². The van der Waals surface area contributed by atoms with Crippen molar-refractivity contribution in [3.8, 4) is 0 Å². The molecule has 1 fully saturated rings. The molecule has 1 unspecified atom stereocenters. The fraction of sp³-hybridized carbons (Fsp3) is 0.714. The second-order valence-electron chi connectivity index (χ2n) is 6.22. The number of methoxy groups -OCH3 is 1. The van der Waals surface area contributed by atoms with Gasteiger partial charge in [0, 0.05) is 0 Å². The van der Waals surface area contributed by atoms with Gasteiger partial charge in [-0.1, -0.05) is 13.8 Å². The molecular weight excluding hydrogens is 290 g/mol. The van der Waals surface area contributed by atoms with Crippen LogP contribution in [0.2, 0.25) is 0 Å².